The highest BCUT2D eigenvalue weighted by atomic mass is 28.3. The Balaban J connectivity index is 0.963. The summed E-state index contributed by atoms with van der Waals surface area (Å²) in [5.74, 6) is 0. The van der Waals surface area contributed by atoms with Crippen LogP contribution in [-0.2, 0) is 10.8 Å². The molecule has 3 aliphatic rings. The smallest absolute Gasteiger partial charge is 0.180 e. The molecule has 2 heteroatoms. The molecule has 1 nitrogen and oxygen atoms in total. The zero-order chi connectivity index (χ0) is 52.0. The van der Waals surface area contributed by atoms with Crippen molar-refractivity contribution in [3.63, 3.8) is 0 Å². The molecule has 12 aromatic rings. The minimum atomic E-state index is -2.73. The number of benzene rings is 12. The van der Waals surface area contributed by atoms with E-state index in [0.717, 1.165) is 28.2 Å². The summed E-state index contributed by atoms with van der Waals surface area (Å²) in [5.41, 5.74) is 23.0. The van der Waals surface area contributed by atoms with Gasteiger partial charge in [-0.1, -0.05) is 261 Å². The zero-order valence-corrected chi connectivity index (χ0v) is 44.7. The second-order valence-corrected chi connectivity index (χ2v) is 25.5. The van der Waals surface area contributed by atoms with Crippen LogP contribution in [0.25, 0.3) is 55.6 Å². The normalized spacial score (nSPS) is 16.8. The maximum atomic E-state index is 2.55. The van der Waals surface area contributed by atoms with Crippen molar-refractivity contribution in [2.24, 2.45) is 0 Å². The Hall–Kier alpha value is -9.34. The Labute approximate surface area is 459 Å². The molecule has 2 unspecified atom stereocenters. The molecule has 1 aliphatic heterocycles. The molecule has 0 spiro atoms. The summed E-state index contributed by atoms with van der Waals surface area (Å²) < 4.78 is 0. The second kappa shape index (κ2) is 17.9. The first-order chi connectivity index (χ1) is 38.5. The molecule has 0 saturated carbocycles. The fourth-order valence-electron chi connectivity index (χ4n) is 14.2. The number of rotatable bonds is 9. The lowest BCUT2D eigenvalue weighted by atomic mass is 9.74. The van der Waals surface area contributed by atoms with Gasteiger partial charge < -0.3 is 4.90 Å². The van der Waals surface area contributed by atoms with E-state index in [1.807, 2.05) is 0 Å². The Bertz CT molecular complexity index is 4110. The Morgan fingerprint density at radius 1 is 0.269 bits per heavy atom. The standard InChI is InChI=1S/C76H55NSi/c1-75(55-27-9-4-10-28-55)68-38-19-15-34-61(68)63-45-43-57(50-70(63)75)77(58-44-46-64-62-35-16-20-39-69(62)76(2,71(64)51-58)56-29-11-5-12-30-56)72-47-42-54(49-67(72)52-24-7-3-8-25-52)53-26-23-33-60(48-53)78(59-31-13-6-14-32-59)73-40-21-17-36-65(73)66-37-18-22-41-74(66)78/h3-51H,1-2H3. The molecular weight excluding hydrogens is 955 g/mol. The zero-order valence-electron chi connectivity index (χ0n) is 43.7. The third kappa shape index (κ3) is 6.66. The summed E-state index contributed by atoms with van der Waals surface area (Å²) in [6.45, 7) is 4.84. The molecule has 1 heterocycles. The third-order valence-corrected chi connectivity index (χ3v) is 22.8. The summed E-state index contributed by atoms with van der Waals surface area (Å²) in [5, 5.41) is 5.69. The Kier molecular flexibility index (Phi) is 10.5. The number of hydrogen-bond donors (Lipinski definition) is 0. The van der Waals surface area contributed by atoms with Crippen LogP contribution in [0, 0.1) is 0 Å². The molecule has 0 aromatic heterocycles. The average Bonchev–Trinajstić information content (AvgIpc) is 4.29. The minimum Gasteiger partial charge on any atom is -0.310 e. The SMILES string of the molecule is CC1(c2ccccc2)c2ccccc2-c2ccc(N(c3ccc4c(c3)C(C)(c3ccccc3)c3ccccc3-4)c3ccc(-c4cccc([Si]5(c6ccccc6)c6ccccc6-c6ccccc65)c4)cc3-c3ccccc3)cc21. The van der Waals surface area contributed by atoms with E-state index in [4.69, 9.17) is 0 Å². The quantitative estimate of drug-likeness (QED) is 0.130. The first-order valence-electron chi connectivity index (χ1n) is 27.4. The fraction of sp³-hybridized carbons (Fsp3) is 0.0526. The van der Waals surface area contributed by atoms with Gasteiger partial charge in [-0.25, -0.2) is 0 Å². The highest BCUT2D eigenvalue weighted by molar-refractivity contribution is 7.22. The molecule has 78 heavy (non-hydrogen) atoms. The molecule has 0 radical (unpaired) electrons. The van der Waals surface area contributed by atoms with E-state index in [1.165, 1.54) is 98.6 Å². The molecule has 12 aromatic carbocycles. The van der Waals surface area contributed by atoms with E-state index in [9.17, 15) is 0 Å². The van der Waals surface area contributed by atoms with Crippen LogP contribution >= 0.6 is 0 Å². The summed E-state index contributed by atoms with van der Waals surface area (Å²) in [4.78, 5) is 2.55. The monoisotopic (exact) mass is 1010 g/mol. The molecule has 0 bridgehead atoms. The maximum absolute atomic E-state index is 2.73. The van der Waals surface area contributed by atoms with Crippen molar-refractivity contribution in [2.45, 2.75) is 24.7 Å². The predicted octanol–water partition coefficient (Wildman–Crippen LogP) is 16.5. The van der Waals surface area contributed by atoms with Crippen molar-refractivity contribution >= 4 is 45.9 Å². The van der Waals surface area contributed by atoms with E-state index in [-0.39, 0.29) is 10.8 Å². The average molecular weight is 1010 g/mol. The Morgan fingerprint density at radius 2 is 0.679 bits per heavy atom. The van der Waals surface area contributed by atoms with Gasteiger partial charge in [0.15, 0.2) is 8.07 Å². The second-order valence-electron chi connectivity index (χ2n) is 21.8. The van der Waals surface area contributed by atoms with Gasteiger partial charge in [-0.3, -0.25) is 0 Å². The van der Waals surface area contributed by atoms with Crippen molar-refractivity contribution in [3.8, 4) is 55.6 Å². The topological polar surface area (TPSA) is 3.24 Å². The van der Waals surface area contributed by atoms with Gasteiger partial charge in [0.25, 0.3) is 0 Å². The first kappa shape index (κ1) is 46.0. The summed E-state index contributed by atoms with van der Waals surface area (Å²) >= 11 is 0. The van der Waals surface area contributed by atoms with Crippen molar-refractivity contribution in [1.82, 2.24) is 0 Å². The van der Waals surface area contributed by atoms with Crippen molar-refractivity contribution < 1.29 is 0 Å². The highest BCUT2D eigenvalue weighted by Gasteiger charge is 2.49. The van der Waals surface area contributed by atoms with Crippen molar-refractivity contribution in [1.29, 1.82) is 0 Å². The molecule has 0 amide bonds. The van der Waals surface area contributed by atoms with Gasteiger partial charge in [0, 0.05) is 27.8 Å². The van der Waals surface area contributed by atoms with E-state index < -0.39 is 8.07 Å². The summed E-state index contributed by atoms with van der Waals surface area (Å²) in [6.07, 6.45) is 0. The molecule has 0 saturated heterocycles. The number of anilines is 3. The lowest BCUT2D eigenvalue weighted by Crippen LogP contribution is -2.72. The minimum absolute atomic E-state index is 0.377. The molecular formula is C76H55NSi. The van der Waals surface area contributed by atoms with Crippen LogP contribution in [-0.4, -0.2) is 8.07 Å². The van der Waals surface area contributed by atoms with E-state index in [2.05, 4.69) is 316 Å². The fourth-order valence-corrected chi connectivity index (χ4v) is 19.4. The van der Waals surface area contributed by atoms with E-state index in [0.29, 0.717) is 0 Å². The van der Waals surface area contributed by atoms with Crippen LogP contribution in [0.1, 0.15) is 47.2 Å². The van der Waals surface area contributed by atoms with Crippen LogP contribution in [0.4, 0.5) is 17.1 Å². The third-order valence-electron chi connectivity index (χ3n) is 17.9. The molecule has 0 fully saturated rings. The van der Waals surface area contributed by atoms with Gasteiger partial charge in [-0.2, -0.15) is 0 Å². The van der Waals surface area contributed by atoms with Gasteiger partial charge in [0.2, 0.25) is 0 Å². The molecule has 2 atom stereocenters. The Morgan fingerprint density at radius 3 is 1.22 bits per heavy atom. The molecule has 15 rings (SSSR count). The molecule has 2 aliphatic carbocycles. The van der Waals surface area contributed by atoms with Gasteiger partial charge in [0.1, 0.15) is 0 Å². The first-order valence-corrected chi connectivity index (χ1v) is 29.4. The van der Waals surface area contributed by atoms with Crippen molar-refractivity contribution in [2.75, 3.05) is 4.90 Å². The van der Waals surface area contributed by atoms with Crippen LogP contribution in [0.15, 0.2) is 297 Å². The molecule has 368 valence electrons. The number of nitrogens with zero attached hydrogens (tertiary/aromatic N) is 1. The predicted molar refractivity (Wildman–Crippen MR) is 329 cm³/mol. The van der Waals surface area contributed by atoms with Gasteiger partial charge >= 0.3 is 0 Å². The van der Waals surface area contributed by atoms with Gasteiger partial charge in [-0.05, 0) is 154 Å². The van der Waals surface area contributed by atoms with Gasteiger partial charge in [0.05, 0.1) is 5.69 Å². The summed E-state index contributed by atoms with van der Waals surface area (Å²) in [7, 11) is -2.73. The van der Waals surface area contributed by atoms with Crippen molar-refractivity contribution in [3.05, 3.63) is 331 Å². The molecule has 0 N–H and O–H groups in total. The van der Waals surface area contributed by atoms with Crippen LogP contribution < -0.4 is 25.6 Å². The van der Waals surface area contributed by atoms with E-state index >= 15 is 0 Å². The van der Waals surface area contributed by atoms with Crippen LogP contribution in [0.3, 0.4) is 0 Å². The number of hydrogen-bond acceptors (Lipinski definition) is 1. The van der Waals surface area contributed by atoms with E-state index in [1.54, 1.807) is 0 Å². The van der Waals surface area contributed by atoms with Crippen LogP contribution in [0.5, 0.6) is 0 Å². The van der Waals surface area contributed by atoms with Gasteiger partial charge in [-0.15, -0.1) is 0 Å². The highest BCUT2D eigenvalue weighted by Crippen LogP contribution is 2.57. The lowest BCUT2D eigenvalue weighted by molar-refractivity contribution is 0.713. The maximum Gasteiger partial charge on any atom is 0.180 e. The van der Waals surface area contributed by atoms with Crippen LogP contribution in [0.2, 0.25) is 0 Å². The largest absolute Gasteiger partial charge is 0.310 e. The summed E-state index contributed by atoms with van der Waals surface area (Å²) in [6, 6.07) is 112. The lowest BCUT2D eigenvalue weighted by Gasteiger charge is -2.33. The number of fused-ring (bicyclic) bond motifs is 9.